The van der Waals surface area contributed by atoms with E-state index in [9.17, 15) is 14.0 Å². The van der Waals surface area contributed by atoms with Crippen LogP contribution < -0.4 is 5.32 Å². The van der Waals surface area contributed by atoms with Crippen LogP contribution in [0.5, 0.6) is 0 Å². The van der Waals surface area contributed by atoms with E-state index in [1.807, 2.05) is 18.7 Å². The zero-order chi connectivity index (χ0) is 20.8. The number of amides is 2. The van der Waals surface area contributed by atoms with Crippen molar-refractivity contribution < 1.29 is 14.0 Å². The molecule has 2 amide bonds. The number of carbonyl (C=O) groups is 2. The molecule has 2 aromatic rings. The second kappa shape index (κ2) is 7.26. The molecule has 0 radical (unpaired) electrons. The van der Waals surface area contributed by atoms with Crippen LogP contribution in [0.15, 0.2) is 24.3 Å². The lowest BCUT2D eigenvalue weighted by Gasteiger charge is -2.36. The third-order valence-corrected chi connectivity index (χ3v) is 6.12. The van der Waals surface area contributed by atoms with Gasteiger partial charge >= 0.3 is 0 Å². The molecule has 2 aliphatic heterocycles. The maximum atomic E-state index is 13.2. The third kappa shape index (κ3) is 3.53. The molecule has 1 aromatic heterocycles. The van der Waals surface area contributed by atoms with Crippen molar-refractivity contribution in [3.63, 3.8) is 0 Å². The zero-order valence-corrected chi connectivity index (χ0v) is 17.0. The SMILES string of the molecule is CN1CCC(C(=O)N2Cc3c(n[nH]c3NC(=O)c3ccc(F)cc3)C2(C)C)CC1. The average Bonchev–Trinajstić information content (AvgIpc) is 3.21. The Kier molecular flexibility index (Phi) is 4.90. The highest BCUT2D eigenvalue weighted by atomic mass is 19.1. The van der Waals surface area contributed by atoms with E-state index in [2.05, 4.69) is 27.5 Å². The van der Waals surface area contributed by atoms with Gasteiger partial charge in [0.05, 0.1) is 17.8 Å². The second-order valence-electron chi connectivity index (χ2n) is 8.45. The summed E-state index contributed by atoms with van der Waals surface area (Å²) in [6.45, 7) is 6.23. The minimum absolute atomic E-state index is 0.0238. The van der Waals surface area contributed by atoms with Gasteiger partial charge in [-0.1, -0.05) is 0 Å². The standard InChI is InChI=1S/C21H26FN5O2/c1-21(2)17-16(12-27(21)20(29)14-8-10-26(3)11-9-14)18(25-24-17)23-19(28)13-4-6-15(22)7-5-13/h4-7,14H,8-12H2,1-3H3,(H2,23,24,25,28). The zero-order valence-electron chi connectivity index (χ0n) is 17.0. The number of piperidine rings is 1. The van der Waals surface area contributed by atoms with Gasteiger partial charge in [-0.15, -0.1) is 0 Å². The molecule has 0 spiro atoms. The summed E-state index contributed by atoms with van der Waals surface area (Å²) in [7, 11) is 2.08. The quantitative estimate of drug-likeness (QED) is 0.832. The van der Waals surface area contributed by atoms with Crippen molar-refractivity contribution >= 4 is 17.6 Å². The number of benzene rings is 1. The van der Waals surface area contributed by atoms with Crippen molar-refractivity contribution in [2.24, 2.45) is 5.92 Å². The van der Waals surface area contributed by atoms with Crippen LogP contribution >= 0.6 is 0 Å². The van der Waals surface area contributed by atoms with Gasteiger partial charge < -0.3 is 15.1 Å². The van der Waals surface area contributed by atoms with Gasteiger partial charge in [0.1, 0.15) is 11.6 Å². The number of halogens is 1. The molecule has 1 saturated heterocycles. The van der Waals surface area contributed by atoms with Crippen molar-refractivity contribution in [2.45, 2.75) is 38.8 Å². The van der Waals surface area contributed by atoms with Gasteiger partial charge in [0, 0.05) is 17.0 Å². The summed E-state index contributed by atoms with van der Waals surface area (Å²) in [5.74, 6) is -0.0863. The minimum atomic E-state index is -0.550. The molecule has 0 atom stereocenters. The van der Waals surface area contributed by atoms with E-state index in [-0.39, 0.29) is 17.7 Å². The highest BCUT2D eigenvalue weighted by molar-refractivity contribution is 6.04. The highest BCUT2D eigenvalue weighted by Gasteiger charge is 2.46. The Balaban J connectivity index is 1.52. The number of hydrogen-bond donors (Lipinski definition) is 2. The number of nitrogens with one attached hydrogen (secondary N) is 2. The molecule has 0 saturated carbocycles. The average molecular weight is 399 g/mol. The van der Waals surface area contributed by atoms with E-state index in [4.69, 9.17) is 0 Å². The number of hydrogen-bond acceptors (Lipinski definition) is 4. The number of anilines is 1. The van der Waals surface area contributed by atoms with Gasteiger partial charge in [-0.3, -0.25) is 14.7 Å². The van der Waals surface area contributed by atoms with Crippen LogP contribution in [0.25, 0.3) is 0 Å². The molecular weight excluding hydrogens is 373 g/mol. The number of rotatable bonds is 3. The van der Waals surface area contributed by atoms with Gasteiger partial charge in [-0.05, 0) is 71.1 Å². The molecule has 0 aliphatic carbocycles. The summed E-state index contributed by atoms with van der Waals surface area (Å²) in [6, 6.07) is 5.36. The lowest BCUT2D eigenvalue weighted by Crippen LogP contribution is -2.46. The first-order valence-corrected chi connectivity index (χ1v) is 9.92. The number of nitrogens with zero attached hydrogens (tertiary/aromatic N) is 3. The number of aromatic nitrogens is 2. The van der Waals surface area contributed by atoms with E-state index in [0.29, 0.717) is 17.9 Å². The van der Waals surface area contributed by atoms with Gasteiger partial charge in [-0.2, -0.15) is 5.10 Å². The molecule has 2 aliphatic rings. The molecule has 0 unspecified atom stereocenters. The maximum absolute atomic E-state index is 13.2. The van der Waals surface area contributed by atoms with Crippen molar-refractivity contribution in [1.29, 1.82) is 0 Å². The molecule has 29 heavy (non-hydrogen) atoms. The molecule has 4 rings (SSSR count). The molecule has 1 aromatic carbocycles. The minimum Gasteiger partial charge on any atom is -0.327 e. The molecule has 3 heterocycles. The fourth-order valence-corrected chi connectivity index (χ4v) is 4.23. The number of aromatic amines is 1. The Morgan fingerprint density at radius 1 is 1.21 bits per heavy atom. The Bertz CT molecular complexity index is 929. The summed E-state index contributed by atoms with van der Waals surface area (Å²) in [5, 5.41) is 10.1. The normalized spacial score (nSPS) is 19.2. The van der Waals surface area contributed by atoms with E-state index >= 15 is 0 Å². The first kappa shape index (κ1) is 19.6. The van der Waals surface area contributed by atoms with Crippen LogP contribution in [-0.2, 0) is 16.9 Å². The monoisotopic (exact) mass is 399 g/mol. The number of carbonyl (C=O) groups excluding carboxylic acids is 2. The summed E-state index contributed by atoms with van der Waals surface area (Å²) < 4.78 is 13.1. The largest absolute Gasteiger partial charge is 0.327 e. The molecule has 2 N–H and O–H groups in total. The van der Waals surface area contributed by atoms with Gasteiger partial charge in [0.2, 0.25) is 5.91 Å². The Morgan fingerprint density at radius 3 is 2.52 bits per heavy atom. The van der Waals surface area contributed by atoms with Crippen LogP contribution in [0.1, 0.15) is 48.3 Å². The Morgan fingerprint density at radius 2 is 1.86 bits per heavy atom. The number of fused-ring (bicyclic) bond motifs is 1. The van der Waals surface area contributed by atoms with Crippen molar-refractivity contribution in [3.05, 3.63) is 46.9 Å². The van der Waals surface area contributed by atoms with Crippen LogP contribution in [-0.4, -0.2) is 51.9 Å². The predicted octanol–water partition coefficient (Wildman–Crippen LogP) is 2.72. The number of H-pyrrole nitrogens is 1. The van der Waals surface area contributed by atoms with Crippen LogP contribution in [0.3, 0.4) is 0 Å². The molecule has 154 valence electrons. The molecule has 7 nitrogen and oxygen atoms in total. The second-order valence-corrected chi connectivity index (χ2v) is 8.45. The van der Waals surface area contributed by atoms with Crippen molar-refractivity contribution in [2.75, 3.05) is 25.5 Å². The van der Waals surface area contributed by atoms with E-state index in [1.165, 1.54) is 24.3 Å². The summed E-state index contributed by atoms with van der Waals surface area (Å²) in [4.78, 5) is 29.9. The van der Waals surface area contributed by atoms with Crippen molar-refractivity contribution in [3.8, 4) is 0 Å². The Labute approximate surface area is 169 Å². The summed E-state index contributed by atoms with van der Waals surface area (Å²) in [6.07, 6.45) is 1.72. The van der Waals surface area contributed by atoms with Gasteiger partial charge in [0.15, 0.2) is 0 Å². The smallest absolute Gasteiger partial charge is 0.256 e. The maximum Gasteiger partial charge on any atom is 0.256 e. The Hall–Kier alpha value is -2.74. The topological polar surface area (TPSA) is 81.3 Å². The van der Waals surface area contributed by atoms with E-state index in [0.717, 1.165) is 37.2 Å². The van der Waals surface area contributed by atoms with Crippen molar-refractivity contribution in [1.82, 2.24) is 20.0 Å². The van der Waals surface area contributed by atoms with Crippen LogP contribution in [0, 0.1) is 11.7 Å². The third-order valence-electron chi connectivity index (χ3n) is 6.12. The summed E-state index contributed by atoms with van der Waals surface area (Å²) >= 11 is 0. The van der Waals surface area contributed by atoms with Gasteiger partial charge in [0.25, 0.3) is 5.91 Å². The first-order valence-electron chi connectivity index (χ1n) is 9.92. The molecular formula is C21H26FN5O2. The molecule has 1 fully saturated rings. The van der Waals surface area contributed by atoms with Crippen LogP contribution in [0.4, 0.5) is 10.2 Å². The lowest BCUT2D eigenvalue weighted by molar-refractivity contribution is -0.142. The van der Waals surface area contributed by atoms with Gasteiger partial charge in [-0.25, -0.2) is 4.39 Å². The molecule has 0 bridgehead atoms. The highest BCUT2D eigenvalue weighted by Crippen LogP contribution is 2.42. The fraction of sp³-hybridized carbons (Fsp3) is 0.476. The predicted molar refractivity (Wildman–Crippen MR) is 107 cm³/mol. The fourth-order valence-electron chi connectivity index (χ4n) is 4.23. The van der Waals surface area contributed by atoms with E-state index < -0.39 is 11.4 Å². The molecule has 8 heteroatoms. The number of likely N-dealkylation sites (tertiary alicyclic amines) is 1. The van der Waals surface area contributed by atoms with Crippen LogP contribution in [0.2, 0.25) is 0 Å². The van der Waals surface area contributed by atoms with E-state index in [1.54, 1.807) is 0 Å². The summed E-state index contributed by atoms with van der Waals surface area (Å²) in [5.41, 5.74) is 1.40. The first-order chi connectivity index (χ1) is 13.8. The lowest BCUT2D eigenvalue weighted by atomic mass is 9.93.